The zero-order chi connectivity index (χ0) is 8.04. The molecule has 0 atom stereocenters. The van der Waals surface area contributed by atoms with E-state index >= 15 is 0 Å². The third kappa shape index (κ3) is 4.01. The number of hydrogen-bond donors (Lipinski definition) is 0. The lowest BCUT2D eigenvalue weighted by atomic mass is 9.96. The molecule has 0 bridgehead atoms. The molecule has 0 aliphatic carbocycles. The van der Waals surface area contributed by atoms with E-state index in [1.165, 1.54) is 0 Å². The molecule has 0 aromatic carbocycles. The van der Waals surface area contributed by atoms with Gasteiger partial charge in [-0.05, 0) is 13.8 Å². The van der Waals surface area contributed by atoms with Crippen molar-refractivity contribution in [1.29, 1.82) is 0 Å². The van der Waals surface area contributed by atoms with Gasteiger partial charge in [0.05, 0.1) is 5.41 Å². The number of hydrogen-bond acceptors (Lipinski definition) is 1. The van der Waals surface area contributed by atoms with Crippen LogP contribution >= 0.6 is 0 Å². The van der Waals surface area contributed by atoms with Gasteiger partial charge in [0.15, 0.2) is 0 Å². The molecular formula is C9H12O. The number of terminal acetylenes is 1. The van der Waals surface area contributed by atoms with E-state index in [0.29, 0.717) is 6.61 Å². The van der Waals surface area contributed by atoms with Crippen molar-refractivity contribution < 1.29 is 4.74 Å². The summed E-state index contributed by atoms with van der Waals surface area (Å²) in [5, 5.41) is 0. The topological polar surface area (TPSA) is 9.23 Å². The second-order valence-corrected chi connectivity index (χ2v) is 2.50. The van der Waals surface area contributed by atoms with Gasteiger partial charge in [-0.2, -0.15) is 0 Å². The van der Waals surface area contributed by atoms with Crippen LogP contribution in [0.2, 0.25) is 0 Å². The molecule has 0 saturated carbocycles. The van der Waals surface area contributed by atoms with Crippen LogP contribution in [0, 0.1) is 29.6 Å². The third-order valence-electron chi connectivity index (χ3n) is 0.978. The molecular weight excluding hydrogens is 124 g/mol. The zero-order valence-corrected chi connectivity index (χ0v) is 6.69. The zero-order valence-electron chi connectivity index (χ0n) is 6.69. The van der Waals surface area contributed by atoms with Crippen molar-refractivity contribution in [3.8, 4) is 24.2 Å². The molecule has 0 aromatic heterocycles. The molecule has 0 N–H and O–H groups in total. The van der Waals surface area contributed by atoms with Crippen molar-refractivity contribution in [1.82, 2.24) is 0 Å². The lowest BCUT2D eigenvalue weighted by Gasteiger charge is -2.05. The molecule has 0 spiro atoms. The van der Waals surface area contributed by atoms with Crippen molar-refractivity contribution in [2.45, 2.75) is 13.8 Å². The molecule has 1 heteroatoms. The van der Waals surface area contributed by atoms with Crippen LogP contribution in [0.3, 0.4) is 0 Å². The number of methoxy groups -OCH3 is 1. The highest BCUT2D eigenvalue weighted by Gasteiger charge is 2.07. The molecule has 0 heterocycles. The van der Waals surface area contributed by atoms with Gasteiger partial charge >= 0.3 is 0 Å². The maximum Gasteiger partial charge on any atom is 0.107 e. The van der Waals surface area contributed by atoms with Gasteiger partial charge in [-0.1, -0.05) is 17.8 Å². The van der Waals surface area contributed by atoms with Crippen LogP contribution in [-0.4, -0.2) is 13.7 Å². The highest BCUT2D eigenvalue weighted by molar-refractivity contribution is 5.21. The van der Waals surface area contributed by atoms with Gasteiger partial charge in [0.2, 0.25) is 0 Å². The maximum atomic E-state index is 5.20. The molecule has 0 rings (SSSR count). The summed E-state index contributed by atoms with van der Waals surface area (Å²) in [5.41, 5.74) is -0.321. The summed E-state index contributed by atoms with van der Waals surface area (Å²) < 4.78 is 4.74. The van der Waals surface area contributed by atoms with Gasteiger partial charge in [0.25, 0.3) is 0 Å². The lowest BCUT2D eigenvalue weighted by Crippen LogP contribution is -2.03. The Hall–Kier alpha value is -0.920. The van der Waals surface area contributed by atoms with Crippen LogP contribution in [0.15, 0.2) is 0 Å². The quantitative estimate of drug-likeness (QED) is 0.494. The Kier molecular flexibility index (Phi) is 3.62. The average molecular weight is 136 g/mol. The highest BCUT2D eigenvalue weighted by Crippen LogP contribution is 2.09. The second-order valence-electron chi connectivity index (χ2n) is 2.50. The molecule has 1 nitrogen and oxygen atoms in total. The van der Waals surface area contributed by atoms with Crippen LogP contribution in [0.25, 0.3) is 0 Å². The Labute approximate surface area is 62.8 Å². The lowest BCUT2D eigenvalue weighted by molar-refractivity contribution is 0.239. The molecule has 0 aliphatic heterocycles. The van der Waals surface area contributed by atoms with Crippen molar-refractivity contribution in [3.05, 3.63) is 0 Å². The predicted molar refractivity (Wildman–Crippen MR) is 42.3 cm³/mol. The molecule has 0 unspecified atom stereocenters. The van der Waals surface area contributed by atoms with E-state index in [-0.39, 0.29) is 5.41 Å². The monoisotopic (exact) mass is 136 g/mol. The third-order valence-corrected chi connectivity index (χ3v) is 0.978. The van der Waals surface area contributed by atoms with Gasteiger partial charge in [0.1, 0.15) is 6.61 Å². The molecule has 0 radical (unpaired) electrons. The maximum absolute atomic E-state index is 5.20. The molecule has 0 fully saturated rings. The summed E-state index contributed by atoms with van der Waals surface area (Å²) in [6.07, 6.45) is 5.20. The van der Waals surface area contributed by atoms with Crippen LogP contribution < -0.4 is 0 Å². The summed E-state index contributed by atoms with van der Waals surface area (Å²) in [4.78, 5) is 0. The van der Waals surface area contributed by atoms with E-state index in [0.717, 1.165) is 0 Å². The predicted octanol–water partition coefficient (Wildman–Crippen LogP) is 1.30. The fourth-order valence-corrected chi connectivity index (χ4v) is 0.365. The van der Waals surface area contributed by atoms with E-state index in [1.807, 2.05) is 13.8 Å². The first-order valence-corrected chi connectivity index (χ1v) is 3.09. The number of rotatable bonds is 1. The fourth-order valence-electron chi connectivity index (χ4n) is 0.365. The molecule has 0 aromatic rings. The van der Waals surface area contributed by atoms with E-state index in [1.54, 1.807) is 7.11 Å². The Morgan fingerprint density at radius 1 is 1.50 bits per heavy atom. The summed E-state index contributed by atoms with van der Waals surface area (Å²) in [7, 11) is 1.61. The summed E-state index contributed by atoms with van der Waals surface area (Å²) in [6, 6.07) is 0. The van der Waals surface area contributed by atoms with E-state index in [9.17, 15) is 0 Å². The van der Waals surface area contributed by atoms with Gasteiger partial charge in [-0.25, -0.2) is 0 Å². The van der Waals surface area contributed by atoms with Crippen LogP contribution in [-0.2, 0) is 4.74 Å². The van der Waals surface area contributed by atoms with E-state index in [2.05, 4.69) is 17.8 Å². The summed E-state index contributed by atoms with van der Waals surface area (Å²) in [5.74, 6) is 8.28. The Morgan fingerprint density at radius 2 is 2.10 bits per heavy atom. The van der Waals surface area contributed by atoms with Crippen molar-refractivity contribution in [2.24, 2.45) is 5.41 Å². The van der Waals surface area contributed by atoms with Crippen molar-refractivity contribution in [3.63, 3.8) is 0 Å². The van der Waals surface area contributed by atoms with Crippen molar-refractivity contribution in [2.75, 3.05) is 13.7 Å². The molecule has 0 amide bonds. The van der Waals surface area contributed by atoms with Gasteiger partial charge in [-0.15, -0.1) is 6.42 Å². The van der Waals surface area contributed by atoms with Gasteiger partial charge in [-0.3, -0.25) is 0 Å². The van der Waals surface area contributed by atoms with Gasteiger partial charge < -0.3 is 4.74 Å². The first-order valence-electron chi connectivity index (χ1n) is 3.09. The smallest absolute Gasteiger partial charge is 0.107 e. The minimum atomic E-state index is -0.321. The average Bonchev–Trinajstić information content (AvgIpc) is 1.89. The normalized spacial score (nSPS) is 9.40. The Morgan fingerprint density at radius 3 is 2.50 bits per heavy atom. The first-order chi connectivity index (χ1) is 4.62. The van der Waals surface area contributed by atoms with E-state index < -0.39 is 0 Å². The number of ether oxygens (including phenoxy) is 1. The minimum Gasteiger partial charge on any atom is -0.372 e. The van der Waals surface area contributed by atoms with Crippen LogP contribution in [0.1, 0.15) is 13.8 Å². The summed E-state index contributed by atoms with van der Waals surface area (Å²) >= 11 is 0. The first kappa shape index (κ1) is 9.08. The summed E-state index contributed by atoms with van der Waals surface area (Å²) in [6.45, 7) is 4.25. The molecule has 10 heavy (non-hydrogen) atoms. The van der Waals surface area contributed by atoms with Crippen LogP contribution in [0.5, 0.6) is 0 Å². The van der Waals surface area contributed by atoms with Gasteiger partial charge in [0, 0.05) is 7.11 Å². The largest absolute Gasteiger partial charge is 0.372 e. The fraction of sp³-hybridized carbons (Fsp3) is 0.556. The van der Waals surface area contributed by atoms with Crippen LogP contribution in [0.4, 0.5) is 0 Å². The molecule has 54 valence electrons. The highest BCUT2D eigenvalue weighted by atomic mass is 16.5. The molecule has 0 saturated heterocycles. The SMILES string of the molecule is C#CC(C)(C)C#CCOC. The second kappa shape index (κ2) is 3.99. The minimum absolute atomic E-state index is 0.321. The standard InChI is InChI=1S/C9H12O/c1-5-9(2,3)7-6-8-10-4/h1H,8H2,2-4H3. The molecule has 0 aliphatic rings. The Bertz CT molecular complexity index is 185. The Balaban J connectivity index is 3.93. The van der Waals surface area contributed by atoms with Crippen molar-refractivity contribution >= 4 is 0 Å². The van der Waals surface area contributed by atoms with E-state index in [4.69, 9.17) is 11.2 Å².